The van der Waals surface area contributed by atoms with Crippen molar-refractivity contribution in [1.82, 2.24) is 0 Å². The zero-order valence-corrected chi connectivity index (χ0v) is 13.8. The highest BCUT2D eigenvalue weighted by atomic mass is 16.5. The molecule has 0 atom stereocenters. The average Bonchev–Trinajstić information content (AvgIpc) is 2.60. The second-order valence-corrected chi connectivity index (χ2v) is 5.14. The molecule has 0 aliphatic rings. The van der Waals surface area contributed by atoms with Crippen molar-refractivity contribution in [2.45, 2.75) is 6.92 Å². The maximum Gasteiger partial charge on any atom is 0.337 e. The summed E-state index contributed by atoms with van der Waals surface area (Å²) in [6, 6.07) is 12.3. The van der Waals surface area contributed by atoms with Crippen molar-refractivity contribution in [1.29, 1.82) is 0 Å². The van der Waals surface area contributed by atoms with Crippen molar-refractivity contribution in [3.8, 4) is 5.75 Å². The Morgan fingerprint density at radius 1 is 1.04 bits per heavy atom. The van der Waals surface area contributed by atoms with Gasteiger partial charge >= 0.3 is 5.97 Å². The van der Waals surface area contributed by atoms with Gasteiger partial charge in [-0.3, -0.25) is 4.79 Å². The molecule has 124 valence electrons. The molecule has 2 rings (SSSR count). The van der Waals surface area contributed by atoms with Crippen molar-refractivity contribution >= 4 is 23.6 Å². The summed E-state index contributed by atoms with van der Waals surface area (Å²) >= 11 is 0. The normalized spacial score (nSPS) is 10.5. The number of methoxy groups -OCH3 is 2. The van der Waals surface area contributed by atoms with Crippen molar-refractivity contribution in [3.63, 3.8) is 0 Å². The fraction of sp³-hybridized carbons (Fsp3) is 0.158. The first-order valence-corrected chi connectivity index (χ1v) is 7.35. The first kappa shape index (κ1) is 17.3. The van der Waals surface area contributed by atoms with E-state index in [-0.39, 0.29) is 5.91 Å². The van der Waals surface area contributed by atoms with Crippen LogP contribution in [-0.4, -0.2) is 26.1 Å². The van der Waals surface area contributed by atoms with Gasteiger partial charge in [0.15, 0.2) is 0 Å². The predicted molar refractivity (Wildman–Crippen MR) is 93.2 cm³/mol. The smallest absolute Gasteiger partial charge is 0.337 e. The largest absolute Gasteiger partial charge is 0.495 e. The van der Waals surface area contributed by atoms with Crippen molar-refractivity contribution < 1.29 is 19.1 Å². The topological polar surface area (TPSA) is 64.6 Å². The lowest BCUT2D eigenvalue weighted by Crippen LogP contribution is -2.09. The minimum atomic E-state index is -0.394. The van der Waals surface area contributed by atoms with Gasteiger partial charge in [-0.05, 0) is 48.4 Å². The Morgan fingerprint density at radius 2 is 1.75 bits per heavy atom. The molecule has 0 saturated carbocycles. The molecule has 5 heteroatoms. The third kappa shape index (κ3) is 4.46. The van der Waals surface area contributed by atoms with Crippen LogP contribution in [0.5, 0.6) is 5.75 Å². The van der Waals surface area contributed by atoms with Crippen LogP contribution in [0.25, 0.3) is 6.08 Å². The number of nitrogens with one attached hydrogen (secondary N) is 1. The highest BCUT2D eigenvalue weighted by Gasteiger charge is 2.06. The van der Waals surface area contributed by atoms with Crippen LogP contribution in [0.1, 0.15) is 21.5 Å². The summed E-state index contributed by atoms with van der Waals surface area (Å²) in [4.78, 5) is 23.4. The van der Waals surface area contributed by atoms with E-state index in [1.165, 1.54) is 13.2 Å². The van der Waals surface area contributed by atoms with Crippen LogP contribution in [0.3, 0.4) is 0 Å². The first-order valence-electron chi connectivity index (χ1n) is 7.35. The fourth-order valence-electron chi connectivity index (χ4n) is 2.11. The van der Waals surface area contributed by atoms with Crippen LogP contribution in [-0.2, 0) is 9.53 Å². The summed E-state index contributed by atoms with van der Waals surface area (Å²) in [5.41, 5.74) is 2.90. The summed E-state index contributed by atoms with van der Waals surface area (Å²) in [6.07, 6.45) is 3.09. The van der Waals surface area contributed by atoms with E-state index in [1.54, 1.807) is 43.5 Å². The number of ether oxygens (including phenoxy) is 2. The Morgan fingerprint density at radius 3 is 2.38 bits per heavy atom. The van der Waals surface area contributed by atoms with Gasteiger partial charge < -0.3 is 14.8 Å². The number of aryl methyl sites for hydroxylation is 1. The summed E-state index contributed by atoms with van der Waals surface area (Å²) in [7, 11) is 2.89. The van der Waals surface area contributed by atoms with Crippen LogP contribution in [0.4, 0.5) is 5.69 Å². The molecule has 0 heterocycles. The summed E-state index contributed by atoms with van der Waals surface area (Å²) in [6.45, 7) is 1.94. The SMILES string of the molecule is COC(=O)c1ccc(/C=C/C(=O)Nc2cc(C)ccc2OC)cc1. The van der Waals surface area contributed by atoms with Crippen LogP contribution >= 0.6 is 0 Å². The first-order chi connectivity index (χ1) is 11.5. The summed E-state index contributed by atoms with van der Waals surface area (Å²) < 4.78 is 9.87. The molecule has 0 unspecified atom stereocenters. The molecule has 2 aromatic rings. The summed E-state index contributed by atoms with van der Waals surface area (Å²) in [5.74, 6) is -0.0597. The Hall–Kier alpha value is -3.08. The Balaban J connectivity index is 2.05. The predicted octanol–water partition coefficient (Wildman–Crippen LogP) is 3.44. The third-order valence-electron chi connectivity index (χ3n) is 3.37. The highest BCUT2D eigenvalue weighted by Crippen LogP contribution is 2.25. The number of hydrogen-bond donors (Lipinski definition) is 1. The van der Waals surface area contributed by atoms with Crippen LogP contribution in [0.15, 0.2) is 48.5 Å². The van der Waals surface area contributed by atoms with Crippen molar-refractivity contribution in [2.75, 3.05) is 19.5 Å². The zero-order chi connectivity index (χ0) is 17.5. The number of benzene rings is 2. The Bertz CT molecular complexity index is 763. The molecule has 0 bridgehead atoms. The number of rotatable bonds is 5. The molecule has 2 aromatic carbocycles. The van der Waals surface area contributed by atoms with Gasteiger partial charge in [0, 0.05) is 6.08 Å². The van der Waals surface area contributed by atoms with Crippen molar-refractivity contribution in [3.05, 3.63) is 65.2 Å². The van der Waals surface area contributed by atoms with Gasteiger partial charge in [0.1, 0.15) is 5.75 Å². The maximum absolute atomic E-state index is 12.1. The van der Waals surface area contributed by atoms with Gasteiger partial charge in [-0.1, -0.05) is 18.2 Å². The zero-order valence-electron chi connectivity index (χ0n) is 13.8. The summed E-state index contributed by atoms with van der Waals surface area (Å²) in [5, 5.41) is 2.79. The van der Waals surface area contributed by atoms with Crippen LogP contribution in [0.2, 0.25) is 0 Å². The minimum absolute atomic E-state index is 0.268. The molecular formula is C19H19NO4. The Labute approximate surface area is 140 Å². The van der Waals surface area contributed by atoms with E-state index in [4.69, 9.17) is 4.74 Å². The van der Waals surface area contributed by atoms with Crippen LogP contribution in [0, 0.1) is 6.92 Å². The molecule has 5 nitrogen and oxygen atoms in total. The number of amides is 1. The van der Waals surface area contributed by atoms with E-state index < -0.39 is 5.97 Å². The molecule has 1 amide bonds. The second kappa shape index (κ2) is 7.97. The Kier molecular flexibility index (Phi) is 5.73. The molecule has 0 fully saturated rings. The van der Waals surface area contributed by atoms with E-state index in [2.05, 4.69) is 10.1 Å². The molecular weight excluding hydrogens is 306 g/mol. The minimum Gasteiger partial charge on any atom is -0.495 e. The molecule has 0 aliphatic carbocycles. The lowest BCUT2D eigenvalue weighted by molar-refractivity contribution is -0.111. The standard InChI is InChI=1S/C19H19NO4/c1-13-4-10-17(23-2)16(12-13)20-18(21)11-7-14-5-8-15(9-6-14)19(22)24-3/h4-12H,1-3H3,(H,20,21)/b11-7+. The monoisotopic (exact) mass is 325 g/mol. The number of esters is 1. The van der Waals surface area contributed by atoms with Gasteiger partial charge in [0.05, 0.1) is 25.5 Å². The maximum atomic E-state index is 12.1. The molecule has 0 aliphatic heterocycles. The van der Waals surface area contributed by atoms with E-state index in [1.807, 2.05) is 19.1 Å². The van der Waals surface area contributed by atoms with E-state index in [0.29, 0.717) is 17.0 Å². The van der Waals surface area contributed by atoms with Gasteiger partial charge in [-0.2, -0.15) is 0 Å². The molecule has 1 N–H and O–H groups in total. The molecule has 24 heavy (non-hydrogen) atoms. The molecule has 0 aromatic heterocycles. The second-order valence-electron chi connectivity index (χ2n) is 5.14. The highest BCUT2D eigenvalue weighted by molar-refractivity contribution is 6.02. The molecule has 0 spiro atoms. The third-order valence-corrected chi connectivity index (χ3v) is 3.37. The number of anilines is 1. The lowest BCUT2D eigenvalue weighted by Gasteiger charge is -2.09. The van der Waals surface area contributed by atoms with E-state index in [9.17, 15) is 9.59 Å². The van der Waals surface area contributed by atoms with Gasteiger partial charge in [0.2, 0.25) is 5.91 Å². The van der Waals surface area contributed by atoms with Crippen molar-refractivity contribution in [2.24, 2.45) is 0 Å². The van der Waals surface area contributed by atoms with Gasteiger partial charge in [-0.15, -0.1) is 0 Å². The van der Waals surface area contributed by atoms with Gasteiger partial charge in [0.25, 0.3) is 0 Å². The lowest BCUT2D eigenvalue weighted by atomic mass is 10.1. The van der Waals surface area contributed by atoms with E-state index in [0.717, 1.165) is 11.1 Å². The van der Waals surface area contributed by atoms with E-state index >= 15 is 0 Å². The number of carbonyl (C=O) groups is 2. The quantitative estimate of drug-likeness (QED) is 0.675. The fourth-order valence-corrected chi connectivity index (χ4v) is 2.11. The number of carbonyl (C=O) groups excluding carboxylic acids is 2. The molecule has 0 radical (unpaired) electrons. The van der Waals surface area contributed by atoms with Crippen LogP contribution < -0.4 is 10.1 Å². The van der Waals surface area contributed by atoms with Gasteiger partial charge in [-0.25, -0.2) is 4.79 Å². The molecule has 0 saturated heterocycles. The number of hydrogen-bond acceptors (Lipinski definition) is 4. The average molecular weight is 325 g/mol.